The number of carbonyl (C=O) groups excluding carboxylic acids is 1. The Hall–Kier alpha value is -5.11. The fraction of sp³-hybridized carbons (Fsp3) is 0.200. The lowest BCUT2D eigenvalue weighted by Gasteiger charge is -2.07. The van der Waals surface area contributed by atoms with Crippen LogP contribution >= 0.6 is 0 Å². The molecule has 3 N–H and O–H groups in total. The van der Waals surface area contributed by atoms with Gasteiger partial charge in [0, 0.05) is 36.2 Å². The number of sulfone groups is 1. The van der Waals surface area contributed by atoms with Crippen molar-refractivity contribution in [1.29, 1.82) is 0 Å². The highest BCUT2D eigenvalue weighted by Gasteiger charge is 2.22. The minimum atomic E-state index is -3.24. The number of anilines is 1. The molecule has 5 aromatic heterocycles. The maximum Gasteiger partial charge on any atom is 0.224 e. The van der Waals surface area contributed by atoms with Crippen LogP contribution in [-0.2, 0) is 21.1 Å². The Labute approximate surface area is 250 Å². The number of carbonyl (C=O) groups is 1. The zero-order valence-electron chi connectivity index (χ0n) is 23.6. The van der Waals surface area contributed by atoms with Crippen molar-refractivity contribution in [3.05, 3.63) is 72.4 Å². The van der Waals surface area contributed by atoms with Gasteiger partial charge in [-0.05, 0) is 42.2 Å². The van der Waals surface area contributed by atoms with Gasteiger partial charge in [0.15, 0.2) is 11.6 Å². The number of rotatable bonds is 9. The van der Waals surface area contributed by atoms with Gasteiger partial charge in [0.1, 0.15) is 27.0 Å². The van der Waals surface area contributed by atoms with E-state index >= 15 is 4.39 Å². The van der Waals surface area contributed by atoms with Crippen molar-refractivity contribution in [3.63, 3.8) is 0 Å². The largest absolute Gasteiger partial charge is 0.335 e. The normalized spacial score (nSPS) is 11.8. The summed E-state index contributed by atoms with van der Waals surface area (Å²) in [6, 6.07) is 5.92. The van der Waals surface area contributed by atoms with Gasteiger partial charge in [-0.3, -0.25) is 24.8 Å². The van der Waals surface area contributed by atoms with Crippen molar-refractivity contribution in [3.8, 4) is 33.9 Å². The van der Waals surface area contributed by atoms with Gasteiger partial charge >= 0.3 is 0 Å². The topological polar surface area (TPSA) is 159 Å². The molecule has 0 aliphatic rings. The monoisotopic (exact) mass is 616 g/mol. The molecule has 0 aliphatic heterocycles. The molecule has 44 heavy (non-hydrogen) atoms. The van der Waals surface area contributed by atoms with Crippen molar-refractivity contribution < 1.29 is 22.0 Å². The Morgan fingerprint density at radius 2 is 1.77 bits per heavy atom. The molecule has 0 fully saturated rings. The highest BCUT2D eigenvalue weighted by atomic mass is 32.2. The van der Waals surface area contributed by atoms with Gasteiger partial charge in [0.05, 0.1) is 52.0 Å². The highest BCUT2D eigenvalue weighted by Crippen LogP contribution is 2.35. The van der Waals surface area contributed by atoms with E-state index in [1.165, 1.54) is 36.9 Å². The number of hydrogen-bond acceptors (Lipinski definition) is 8. The van der Waals surface area contributed by atoms with Crippen LogP contribution in [0.2, 0.25) is 0 Å². The zero-order valence-corrected chi connectivity index (χ0v) is 24.5. The standard InChI is InChI=1S/C30H26F2N8O3S/c1-3-4-24(41)36-20-10-18(11-33-12-20)27-26(32)25-22(15-35-27)39-40-29(25)30-37-23-14-34-13-21(28(23)38-30)17-7-16(8-19(31)9-17)5-6-44(2,42)43/h7-15H,3-6H2,1-2H3,(H,36,41)(H,37,38)(H,39,40). The molecule has 1 amide bonds. The lowest BCUT2D eigenvalue weighted by atomic mass is 10.0. The van der Waals surface area contributed by atoms with Gasteiger partial charge < -0.3 is 10.3 Å². The third-order valence-corrected chi connectivity index (χ3v) is 7.91. The average molecular weight is 617 g/mol. The Balaban J connectivity index is 1.40. The molecule has 5 heterocycles. The van der Waals surface area contributed by atoms with E-state index in [9.17, 15) is 17.6 Å². The Morgan fingerprint density at radius 3 is 2.57 bits per heavy atom. The SMILES string of the molecule is CCCC(=O)Nc1cncc(-c2ncc3[nH]nc(-c4nc5c(-c6cc(F)cc(CCS(C)(=O)=O)c6)cncc5[nH]4)c3c2F)c1. The number of benzene rings is 1. The quantitative estimate of drug-likeness (QED) is 0.199. The second-order valence-electron chi connectivity index (χ2n) is 10.4. The first kappa shape index (κ1) is 29.0. The van der Waals surface area contributed by atoms with E-state index in [0.717, 1.165) is 6.26 Å². The number of nitrogens with one attached hydrogen (secondary N) is 3. The summed E-state index contributed by atoms with van der Waals surface area (Å²) in [7, 11) is -3.24. The molecule has 0 saturated heterocycles. The summed E-state index contributed by atoms with van der Waals surface area (Å²) in [4.78, 5) is 32.6. The third-order valence-electron chi connectivity index (χ3n) is 6.97. The smallest absolute Gasteiger partial charge is 0.224 e. The van der Waals surface area contributed by atoms with Crippen molar-refractivity contribution in [2.75, 3.05) is 17.3 Å². The second kappa shape index (κ2) is 11.5. The van der Waals surface area contributed by atoms with Gasteiger partial charge in [-0.25, -0.2) is 22.2 Å². The summed E-state index contributed by atoms with van der Waals surface area (Å²) < 4.78 is 54.0. The molecule has 0 radical (unpaired) electrons. The number of halogens is 2. The number of aromatic nitrogens is 7. The van der Waals surface area contributed by atoms with Crippen molar-refractivity contribution >= 4 is 43.4 Å². The maximum absolute atomic E-state index is 16.1. The molecule has 0 bridgehead atoms. The van der Waals surface area contributed by atoms with Gasteiger partial charge in [-0.2, -0.15) is 5.10 Å². The van der Waals surface area contributed by atoms with E-state index in [1.807, 2.05) is 6.92 Å². The first-order valence-electron chi connectivity index (χ1n) is 13.7. The first-order valence-corrected chi connectivity index (χ1v) is 15.7. The Kier molecular flexibility index (Phi) is 7.59. The predicted octanol–water partition coefficient (Wildman–Crippen LogP) is 5.23. The molecular weight excluding hydrogens is 590 g/mol. The summed E-state index contributed by atoms with van der Waals surface area (Å²) in [5.41, 5.74) is 3.75. The molecule has 1 aromatic carbocycles. The van der Waals surface area contributed by atoms with Gasteiger partial charge in [-0.15, -0.1) is 0 Å². The number of hydrogen-bond donors (Lipinski definition) is 3. The second-order valence-corrected chi connectivity index (χ2v) is 12.7. The minimum Gasteiger partial charge on any atom is -0.335 e. The molecule has 14 heteroatoms. The van der Waals surface area contributed by atoms with Crippen molar-refractivity contribution in [1.82, 2.24) is 35.1 Å². The van der Waals surface area contributed by atoms with E-state index in [2.05, 4.69) is 35.5 Å². The van der Waals surface area contributed by atoms with Crippen LogP contribution in [0, 0.1) is 11.6 Å². The number of imidazole rings is 1. The molecule has 0 saturated carbocycles. The summed E-state index contributed by atoms with van der Waals surface area (Å²) in [6.07, 6.45) is 9.77. The summed E-state index contributed by atoms with van der Waals surface area (Å²) in [6.45, 7) is 1.90. The Bertz CT molecular complexity index is 2160. The van der Waals surface area contributed by atoms with Crippen LogP contribution < -0.4 is 5.32 Å². The fourth-order valence-electron chi connectivity index (χ4n) is 4.95. The van der Waals surface area contributed by atoms with E-state index in [0.29, 0.717) is 57.3 Å². The van der Waals surface area contributed by atoms with E-state index in [4.69, 9.17) is 4.98 Å². The molecule has 0 spiro atoms. The summed E-state index contributed by atoms with van der Waals surface area (Å²) in [5.74, 6) is -1.24. The number of fused-ring (bicyclic) bond motifs is 2. The summed E-state index contributed by atoms with van der Waals surface area (Å²) >= 11 is 0. The van der Waals surface area contributed by atoms with E-state index in [-0.39, 0.29) is 40.7 Å². The number of H-pyrrole nitrogens is 2. The molecule has 11 nitrogen and oxygen atoms in total. The Morgan fingerprint density at radius 1 is 0.955 bits per heavy atom. The van der Waals surface area contributed by atoms with E-state index in [1.54, 1.807) is 18.3 Å². The van der Waals surface area contributed by atoms with Crippen LogP contribution in [0.5, 0.6) is 0 Å². The van der Waals surface area contributed by atoms with Crippen molar-refractivity contribution in [2.24, 2.45) is 0 Å². The summed E-state index contributed by atoms with van der Waals surface area (Å²) in [5, 5.41) is 9.98. The molecular formula is C30H26F2N8O3S. The molecule has 0 unspecified atom stereocenters. The molecule has 0 aliphatic carbocycles. The van der Waals surface area contributed by atoms with Gasteiger partial charge in [0.2, 0.25) is 5.91 Å². The van der Waals surface area contributed by atoms with Gasteiger partial charge in [-0.1, -0.05) is 13.0 Å². The molecule has 6 aromatic rings. The number of amides is 1. The molecule has 0 atom stereocenters. The minimum absolute atomic E-state index is 0.0130. The van der Waals surface area contributed by atoms with Crippen LogP contribution in [0.15, 0.2) is 55.2 Å². The highest BCUT2D eigenvalue weighted by molar-refractivity contribution is 7.90. The molecule has 224 valence electrons. The zero-order chi connectivity index (χ0) is 31.0. The lowest BCUT2D eigenvalue weighted by molar-refractivity contribution is -0.116. The van der Waals surface area contributed by atoms with Crippen LogP contribution in [-0.4, -0.2) is 61.5 Å². The van der Waals surface area contributed by atoms with Crippen LogP contribution in [0.4, 0.5) is 14.5 Å². The first-order chi connectivity index (χ1) is 21.1. The lowest BCUT2D eigenvalue weighted by Crippen LogP contribution is -2.10. The maximum atomic E-state index is 16.1. The number of pyridine rings is 3. The fourth-order valence-corrected chi connectivity index (χ4v) is 5.55. The number of aryl methyl sites for hydroxylation is 1. The average Bonchev–Trinajstić information content (AvgIpc) is 3.61. The van der Waals surface area contributed by atoms with Crippen LogP contribution in [0.3, 0.4) is 0 Å². The van der Waals surface area contributed by atoms with Crippen LogP contribution in [0.25, 0.3) is 55.8 Å². The van der Waals surface area contributed by atoms with Gasteiger partial charge in [0.25, 0.3) is 0 Å². The third kappa shape index (κ3) is 5.88. The number of aromatic amines is 2. The van der Waals surface area contributed by atoms with Crippen LogP contribution in [0.1, 0.15) is 25.3 Å². The predicted molar refractivity (Wildman–Crippen MR) is 162 cm³/mol. The van der Waals surface area contributed by atoms with E-state index < -0.39 is 21.5 Å². The van der Waals surface area contributed by atoms with Crippen molar-refractivity contribution in [2.45, 2.75) is 26.2 Å². The molecule has 6 rings (SSSR count). The number of nitrogens with zero attached hydrogens (tertiary/aromatic N) is 5.